The Morgan fingerprint density at radius 3 is 1.61 bits per heavy atom. The molecule has 0 aromatic rings. The van der Waals surface area contributed by atoms with Crippen LogP contribution in [0, 0.1) is 11.8 Å². The second-order valence-corrected chi connectivity index (χ2v) is 9.37. The molecule has 0 heterocycles. The maximum Gasteiger partial charge on any atom is 0.309 e. The Balaban J connectivity index is 3.56. The summed E-state index contributed by atoms with van der Waals surface area (Å²) >= 11 is 0. The Hall–Kier alpha value is -1.06. The third-order valence-electron chi connectivity index (χ3n) is 6.01. The molecule has 0 amide bonds. The lowest BCUT2D eigenvalue weighted by Gasteiger charge is -2.19. The smallest absolute Gasteiger partial charge is 0.309 e. The van der Waals surface area contributed by atoms with Crippen molar-refractivity contribution in [2.24, 2.45) is 11.8 Å². The summed E-state index contributed by atoms with van der Waals surface area (Å²) in [5.74, 6) is 0.392. The lowest BCUT2D eigenvalue weighted by atomic mass is 9.90. The zero-order valence-electron chi connectivity index (χ0n) is 21.2. The maximum absolute atomic E-state index is 12.3. The van der Waals surface area contributed by atoms with E-state index in [4.69, 9.17) is 9.47 Å². The van der Waals surface area contributed by atoms with Crippen LogP contribution in [0.25, 0.3) is 0 Å². The fourth-order valence-electron chi connectivity index (χ4n) is 3.84. The predicted octanol–water partition coefficient (Wildman–Crippen LogP) is 8.02. The zero-order chi connectivity index (χ0) is 23.2. The van der Waals surface area contributed by atoms with Crippen LogP contribution in [0.3, 0.4) is 0 Å². The second-order valence-electron chi connectivity index (χ2n) is 9.37. The van der Waals surface area contributed by atoms with Crippen molar-refractivity contribution in [3.8, 4) is 0 Å². The lowest BCUT2D eigenvalue weighted by molar-refractivity contribution is -0.150. The van der Waals surface area contributed by atoms with Gasteiger partial charge in [0.25, 0.3) is 0 Å². The number of ether oxygens (including phenoxy) is 2. The molecule has 0 rings (SSSR count). The normalized spacial score (nSPS) is 12.2. The van der Waals surface area contributed by atoms with E-state index >= 15 is 0 Å². The molecule has 1 atom stereocenters. The van der Waals surface area contributed by atoms with E-state index in [-0.39, 0.29) is 17.9 Å². The van der Waals surface area contributed by atoms with Gasteiger partial charge in [0.15, 0.2) is 0 Å². The van der Waals surface area contributed by atoms with E-state index in [1.54, 1.807) is 0 Å². The van der Waals surface area contributed by atoms with Gasteiger partial charge >= 0.3 is 11.9 Å². The van der Waals surface area contributed by atoms with Crippen LogP contribution in [0.2, 0.25) is 0 Å². The SMILES string of the molecule is CCCCCOC(=O)CCCCCCCCCCCC(C(=O)OCCCCC)C(C)C. The van der Waals surface area contributed by atoms with Gasteiger partial charge in [-0.3, -0.25) is 9.59 Å². The number of rotatable bonds is 22. The van der Waals surface area contributed by atoms with Crippen LogP contribution in [-0.2, 0) is 19.1 Å². The summed E-state index contributed by atoms with van der Waals surface area (Å²) in [6.07, 6.45) is 18.7. The first-order chi connectivity index (χ1) is 15.0. The van der Waals surface area contributed by atoms with Gasteiger partial charge < -0.3 is 9.47 Å². The number of hydrogen-bond acceptors (Lipinski definition) is 4. The molecule has 0 aromatic carbocycles. The molecule has 0 saturated carbocycles. The molecule has 0 aromatic heterocycles. The summed E-state index contributed by atoms with van der Waals surface area (Å²) in [7, 11) is 0. The van der Waals surface area contributed by atoms with Crippen LogP contribution in [0.4, 0.5) is 0 Å². The number of unbranched alkanes of at least 4 members (excludes halogenated alkanes) is 12. The summed E-state index contributed by atoms with van der Waals surface area (Å²) in [5.41, 5.74) is 0. The molecule has 4 nitrogen and oxygen atoms in total. The topological polar surface area (TPSA) is 52.6 Å². The standard InChI is InChI=1S/C27H52O4/c1-5-7-18-22-30-26(28)21-17-15-13-11-9-10-12-14-16-20-25(24(3)4)27(29)31-23-19-8-6-2/h24-25H,5-23H2,1-4H3. The Morgan fingerprint density at radius 2 is 1.10 bits per heavy atom. The highest BCUT2D eigenvalue weighted by Crippen LogP contribution is 2.21. The van der Waals surface area contributed by atoms with Crippen LogP contribution < -0.4 is 0 Å². The molecule has 0 aliphatic heterocycles. The number of carbonyl (C=O) groups excluding carboxylic acids is 2. The monoisotopic (exact) mass is 440 g/mol. The first-order valence-corrected chi connectivity index (χ1v) is 13.3. The van der Waals surface area contributed by atoms with Crippen molar-refractivity contribution in [3.63, 3.8) is 0 Å². The highest BCUT2D eigenvalue weighted by Gasteiger charge is 2.22. The Bertz CT molecular complexity index is 419. The van der Waals surface area contributed by atoms with Gasteiger partial charge in [0, 0.05) is 6.42 Å². The molecule has 0 radical (unpaired) electrons. The Kier molecular flexibility index (Phi) is 21.4. The van der Waals surface area contributed by atoms with E-state index in [1.165, 1.54) is 38.5 Å². The summed E-state index contributed by atoms with van der Waals surface area (Å²) < 4.78 is 10.7. The van der Waals surface area contributed by atoms with Gasteiger partial charge in [0.1, 0.15) is 0 Å². The maximum atomic E-state index is 12.3. The van der Waals surface area contributed by atoms with Crippen molar-refractivity contribution >= 4 is 11.9 Å². The van der Waals surface area contributed by atoms with Crippen molar-refractivity contribution in [1.82, 2.24) is 0 Å². The van der Waals surface area contributed by atoms with Crippen molar-refractivity contribution < 1.29 is 19.1 Å². The summed E-state index contributed by atoms with van der Waals surface area (Å²) in [6, 6.07) is 0. The summed E-state index contributed by atoms with van der Waals surface area (Å²) in [6.45, 7) is 9.74. The minimum Gasteiger partial charge on any atom is -0.466 e. The minimum absolute atomic E-state index is 0.0101. The van der Waals surface area contributed by atoms with E-state index in [9.17, 15) is 9.59 Å². The highest BCUT2D eigenvalue weighted by molar-refractivity contribution is 5.72. The van der Waals surface area contributed by atoms with E-state index in [0.717, 1.165) is 64.2 Å². The molecular formula is C27H52O4. The van der Waals surface area contributed by atoms with Crippen LogP contribution >= 0.6 is 0 Å². The second kappa shape index (κ2) is 22.1. The van der Waals surface area contributed by atoms with Gasteiger partial charge in [-0.1, -0.05) is 105 Å². The van der Waals surface area contributed by atoms with Crippen molar-refractivity contribution in [1.29, 1.82) is 0 Å². The number of hydrogen-bond donors (Lipinski definition) is 0. The molecule has 0 bridgehead atoms. The third-order valence-corrected chi connectivity index (χ3v) is 6.01. The lowest BCUT2D eigenvalue weighted by Crippen LogP contribution is -2.23. The van der Waals surface area contributed by atoms with Crippen LogP contribution in [0.1, 0.15) is 137 Å². The minimum atomic E-state index is -0.0272. The molecule has 31 heavy (non-hydrogen) atoms. The molecule has 4 heteroatoms. The first-order valence-electron chi connectivity index (χ1n) is 13.3. The highest BCUT2D eigenvalue weighted by atomic mass is 16.5. The number of carbonyl (C=O) groups is 2. The van der Waals surface area contributed by atoms with Gasteiger partial charge in [-0.15, -0.1) is 0 Å². The molecule has 0 N–H and O–H groups in total. The van der Waals surface area contributed by atoms with E-state index in [1.807, 2.05) is 0 Å². The fourth-order valence-corrected chi connectivity index (χ4v) is 3.84. The van der Waals surface area contributed by atoms with E-state index < -0.39 is 0 Å². The van der Waals surface area contributed by atoms with Gasteiger partial charge in [0.05, 0.1) is 19.1 Å². The van der Waals surface area contributed by atoms with E-state index in [2.05, 4.69) is 27.7 Å². The van der Waals surface area contributed by atoms with Crippen molar-refractivity contribution in [2.75, 3.05) is 13.2 Å². The van der Waals surface area contributed by atoms with Crippen molar-refractivity contribution in [3.05, 3.63) is 0 Å². The molecule has 0 spiro atoms. The van der Waals surface area contributed by atoms with Gasteiger partial charge in [0.2, 0.25) is 0 Å². The largest absolute Gasteiger partial charge is 0.466 e. The fraction of sp³-hybridized carbons (Fsp3) is 0.926. The van der Waals surface area contributed by atoms with Crippen LogP contribution in [0.5, 0.6) is 0 Å². The quantitative estimate of drug-likeness (QED) is 0.126. The van der Waals surface area contributed by atoms with Crippen LogP contribution in [0.15, 0.2) is 0 Å². The van der Waals surface area contributed by atoms with Crippen LogP contribution in [-0.4, -0.2) is 25.2 Å². The number of esters is 2. The molecule has 1 unspecified atom stereocenters. The zero-order valence-corrected chi connectivity index (χ0v) is 21.2. The third kappa shape index (κ3) is 19.4. The van der Waals surface area contributed by atoms with Gasteiger partial charge in [-0.05, 0) is 31.6 Å². The van der Waals surface area contributed by atoms with Gasteiger partial charge in [-0.25, -0.2) is 0 Å². The molecule has 0 fully saturated rings. The molecule has 0 aliphatic carbocycles. The predicted molar refractivity (Wildman–Crippen MR) is 130 cm³/mol. The molecule has 0 aliphatic rings. The average molecular weight is 441 g/mol. The first kappa shape index (κ1) is 29.9. The molecule has 0 saturated heterocycles. The molecular weight excluding hydrogens is 388 g/mol. The summed E-state index contributed by atoms with van der Waals surface area (Å²) in [4.78, 5) is 23.9. The van der Waals surface area contributed by atoms with Gasteiger partial charge in [-0.2, -0.15) is 0 Å². The van der Waals surface area contributed by atoms with Crippen molar-refractivity contribution in [2.45, 2.75) is 137 Å². The average Bonchev–Trinajstić information content (AvgIpc) is 2.74. The summed E-state index contributed by atoms with van der Waals surface area (Å²) in [5, 5.41) is 0. The Morgan fingerprint density at radius 1 is 0.613 bits per heavy atom. The molecule has 184 valence electrons. The van der Waals surface area contributed by atoms with E-state index in [0.29, 0.717) is 25.6 Å². The Labute approximate surface area is 193 Å².